The predicted octanol–water partition coefficient (Wildman–Crippen LogP) is 1.33. The van der Waals surface area contributed by atoms with Crippen LogP contribution in [0.25, 0.3) is 0 Å². The molecule has 1 unspecified atom stereocenters. The van der Waals surface area contributed by atoms with Crippen molar-refractivity contribution in [3.8, 4) is 0 Å². The van der Waals surface area contributed by atoms with E-state index in [1.807, 2.05) is 0 Å². The number of carbonyl (C=O) groups is 2. The number of carboxylic acids is 1. The number of halogens is 1. The second-order valence-corrected chi connectivity index (χ2v) is 7.58. The highest BCUT2D eigenvalue weighted by atomic mass is 79.9. The lowest BCUT2D eigenvalue weighted by atomic mass is 10.1. The van der Waals surface area contributed by atoms with Crippen LogP contribution in [0.1, 0.15) is 16.8 Å². The summed E-state index contributed by atoms with van der Waals surface area (Å²) >= 11 is 3.14. The van der Waals surface area contributed by atoms with E-state index in [2.05, 4.69) is 20.7 Å². The minimum atomic E-state index is -3.81. The largest absolute Gasteiger partial charge is 0.481 e. The molecule has 0 radical (unpaired) electrons. The van der Waals surface area contributed by atoms with Gasteiger partial charge in [0.05, 0.1) is 23.5 Å². The Morgan fingerprint density at radius 3 is 2.59 bits per heavy atom. The van der Waals surface area contributed by atoms with Crippen LogP contribution in [0, 0.1) is 5.92 Å². The number of carboxylic acid groups (broad SMARTS) is 1. The highest BCUT2D eigenvalue weighted by Gasteiger charge is 2.36. The maximum Gasteiger partial charge on any atom is 0.337 e. The Hall–Kier alpha value is -1.45. The summed E-state index contributed by atoms with van der Waals surface area (Å²) in [6, 6.07) is 4.03. The molecule has 22 heavy (non-hydrogen) atoms. The molecule has 9 heteroatoms. The molecule has 1 aromatic carbocycles. The number of benzene rings is 1. The third-order valence-corrected chi connectivity index (χ3v) is 6.31. The Kier molecular flexibility index (Phi) is 4.88. The number of sulfonamides is 1. The number of carbonyl (C=O) groups excluding carboxylic acids is 1. The molecule has 0 aromatic heterocycles. The van der Waals surface area contributed by atoms with Crippen LogP contribution in [0.4, 0.5) is 0 Å². The van der Waals surface area contributed by atoms with E-state index in [4.69, 9.17) is 5.11 Å². The SMILES string of the molecule is COC(=O)c1ccc(S(=O)(=O)N2CCC(C(=O)O)C2)c(Br)c1. The molecule has 0 aliphatic carbocycles. The summed E-state index contributed by atoms with van der Waals surface area (Å²) in [5, 5.41) is 8.96. The van der Waals surface area contributed by atoms with E-state index in [9.17, 15) is 18.0 Å². The summed E-state index contributed by atoms with van der Waals surface area (Å²) in [6.07, 6.45) is 0.284. The maximum atomic E-state index is 12.6. The van der Waals surface area contributed by atoms with E-state index < -0.39 is 27.9 Å². The number of hydrogen-bond acceptors (Lipinski definition) is 5. The number of esters is 1. The molecule has 1 aliphatic rings. The van der Waals surface area contributed by atoms with Gasteiger partial charge in [-0.05, 0) is 40.5 Å². The fourth-order valence-corrected chi connectivity index (χ4v) is 4.78. The summed E-state index contributed by atoms with van der Waals surface area (Å²) in [5.74, 6) is -2.27. The number of aliphatic carboxylic acids is 1. The van der Waals surface area contributed by atoms with Crippen molar-refractivity contribution in [2.75, 3.05) is 20.2 Å². The predicted molar refractivity (Wildman–Crippen MR) is 80.0 cm³/mol. The molecule has 1 saturated heterocycles. The molecule has 7 nitrogen and oxygen atoms in total. The van der Waals surface area contributed by atoms with Crippen molar-refractivity contribution >= 4 is 37.9 Å². The molecule has 1 fully saturated rings. The molecular formula is C13H14BrNO6S. The molecule has 1 aromatic rings. The zero-order chi connectivity index (χ0) is 16.5. The van der Waals surface area contributed by atoms with Crippen LogP contribution in [0.2, 0.25) is 0 Å². The van der Waals surface area contributed by atoms with Crippen molar-refractivity contribution in [1.82, 2.24) is 4.31 Å². The van der Waals surface area contributed by atoms with Gasteiger partial charge in [0, 0.05) is 17.6 Å². The van der Waals surface area contributed by atoms with Crippen LogP contribution in [0.5, 0.6) is 0 Å². The van der Waals surface area contributed by atoms with Crippen molar-refractivity contribution in [3.63, 3.8) is 0 Å². The van der Waals surface area contributed by atoms with Crippen LogP contribution >= 0.6 is 15.9 Å². The zero-order valence-corrected chi connectivity index (χ0v) is 14.1. The number of methoxy groups -OCH3 is 1. The maximum absolute atomic E-state index is 12.6. The summed E-state index contributed by atoms with van der Waals surface area (Å²) in [5.41, 5.74) is 0.221. The van der Waals surface area contributed by atoms with Gasteiger partial charge in [0.15, 0.2) is 0 Å². The van der Waals surface area contributed by atoms with Gasteiger partial charge >= 0.3 is 11.9 Å². The lowest BCUT2D eigenvalue weighted by Crippen LogP contribution is -2.30. The minimum Gasteiger partial charge on any atom is -0.481 e. The molecule has 1 heterocycles. The first kappa shape index (κ1) is 16.9. The lowest BCUT2D eigenvalue weighted by Gasteiger charge is -2.17. The van der Waals surface area contributed by atoms with Crippen molar-refractivity contribution in [2.45, 2.75) is 11.3 Å². The quantitative estimate of drug-likeness (QED) is 0.776. The third kappa shape index (κ3) is 3.16. The fourth-order valence-electron chi connectivity index (χ4n) is 2.24. The second kappa shape index (κ2) is 6.35. The van der Waals surface area contributed by atoms with Gasteiger partial charge in [-0.3, -0.25) is 4.79 Å². The van der Waals surface area contributed by atoms with Crippen molar-refractivity contribution in [1.29, 1.82) is 0 Å². The summed E-state index contributed by atoms with van der Waals surface area (Å²) in [6.45, 7) is 0.105. The highest BCUT2D eigenvalue weighted by Crippen LogP contribution is 2.30. The first-order valence-electron chi connectivity index (χ1n) is 6.38. The molecule has 1 N–H and O–H groups in total. The first-order valence-corrected chi connectivity index (χ1v) is 8.61. The van der Waals surface area contributed by atoms with Gasteiger partial charge in [-0.2, -0.15) is 4.31 Å². The van der Waals surface area contributed by atoms with Gasteiger partial charge in [0.1, 0.15) is 0 Å². The standard InChI is InChI=1S/C13H14BrNO6S/c1-21-13(18)8-2-3-11(10(14)6-8)22(19,20)15-5-4-9(7-15)12(16)17/h2-3,6,9H,4-5,7H2,1H3,(H,16,17). The Bertz CT molecular complexity index is 717. The van der Waals surface area contributed by atoms with Crippen molar-refractivity contribution < 1.29 is 27.9 Å². The second-order valence-electron chi connectivity index (χ2n) is 4.82. The van der Waals surface area contributed by atoms with Gasteiger partial charge in [-0.15, -0.1) is 0 Å². The van der Waals surface area contributed by atoms with Gasteiger partial charge in [-0.1, -0.05) is 0 Å². The van der Waals surface area contributed by atoms with Crippen LogP contribution in [0.15, 0.2) is 27.6 Å². The van der Waals surface area contributed by atoms with E-state index >= 15 is 0 Å². The van der Waals surface area contributed by atoms with Gasteiger partial charge in [0.2, 0.25) is 10.0 Å². The topological polar surface area (TPSA) is 101 Å². The Morgan fingerprint density at radius 1 is 1.41 bits per heavy atom. The normalized spacial score (nSPS) is 19.1. The van der Waals surface area contributed by atoms with Gasteiger partial charge in [-0.25, -0.2) is 13.2 Å². The van der Waals surface area contributed by atoms with E-state index in [0.717, 1.165) is 4.31 Å². The Labute approximate surface area is 136 Å². The molecule has 0 bridgehead atoms. The van der Waals surface area contributed by atoms with Crippen LogP contribution in [0.3, 0.4) is 0 Å². The van der Waals surface area contributed by atoms with Gasteiger partial charge < -0.3 is 9.84 Å². The molecule has 1 aliphatic heterocycles. The lowest BCUT2D eigenvalue weighted by molar-refractivity contribution is -0.141. The van der Waals surface area contributed by atoms with Crippen molar-refractivity contribution in [2.24, 2.45) is 5.92 Å². The molecule has 0 saturated carbocycles. The number of nitrogens with zero attached hydrogens (tertiary/aromatic N) is 1. The van der Waals surface area contributed by atoms with Crippen LogP contribution in [-0.2, 0) is 19.6 Å². The summed E-state index contributed by atoms with van der Waals surface area (Å²) in [4.78, 5) is 22.4. The Balaban J connectivity index is 2.31. The van der Waals surface area contributed by atoms with E-state index in [1.54, 1.807) is 0 Å². The minimum absolute atomic E-state index is 0.00816. The molecular weight excluding hydrogens is 378 g/mol. The average Bonchev–Trinajstić information content (AvgIpc) is 2.96. The highest BCUT2D eigenvalue weighted by molar-refractivity contribution is 9.10. The third-order valence-electron chi connectivity index (χ3n) is 3.47. The van der Waals surface area contributed by atoms with Crippen molar-refractivity contribution in [3.05, 3.63) is 28.2 Å². The molecule has 0 spiro atoms. The molecule has 1 atom stereocenters. The van der Waals surface area contributed by atoms with Gasteiger partial charge in [0.25, 0.3) is 0 Å². The Morgan fingerprint density at radius 2 is 2.09 bits per heavy atom. The number of ether oxygens (including phenoxy) is 1. The van der Waals surface area contributed by atoms with E-state index in [0.29, 0.717) is 0 Å². The molecule has 0 amide bonds. The smallest absolute Gasteiger partial charge is 0.337 e. The molecule has 120 valence electrons. The van der Waals surface area contributed by atoms with Crippen LogP contribution in [-0.4, -0.2) is 50.0 Å². The van der Waals surface area contributed by atoms with Crippen LogP contribution < -0.4 is 0 Å². The fraction of sp³-hybridized carbons (Fsp3) is 0.385. The summed E-state index contributed by atoms with van der Waals surface area (Å²) < 4.78 is 31.1. The first-order chi connectivity index (χ1) is 10.3. The number of hydrogen-bond donors (Lipinski definition) is 1. The zero-order valence-electron chi connectivity index (χ0n) is 11.7. The monoisotopic (exact) mass is 391 g/mol. The summed E-state index contributed by atoms with van der Waals surface area (Å²) in [7, 11) is -2.58. The average molecular weight is 392 g/mol. The van der Waals surface area contributed by atoms with E-state index in [-0.39, 0.29) is 34.4 Å². The van der Waals surface area contributed by atoms with E-state index in [1.165, 1.54) is 25.3 Å². The molecule has 2 rings (SSSR count). The number of rotatable bonds is 4.